The average Bonchev–Trinajstić information content (AvgIpc) is 2.61. The molecule has 0 unspecified atom stereocenters. The molecular formula is C17H19N3O4. The van der Waals surface area contributed by atoms with Crippen LogP contribution >= 0.6 is 0 Å². The molecule has 24 heavy (non-hydrogen) atoms. The Morgan fingerprint density at radius 2 is 1.62 bits per heavy atom. The third-order valence-electron chi connectivity index (χ3n) is 3.10. The summed E-state index contributed by atoms with van der Waals surface area (Å²) >= 11 is 0. The third kappa shape index (κ3) is 4.39. The zero-order valence-electron chi connectivity index (χ0n) is 13.7. The molecule has 2 aromatic rings. The van der Waals surface area contributed by atoms with E-state index in [1.807, 2.05) is 18.2 Å². The number of rotatable bonds is 6. The van der Waals surface area contributed by atoms with Gasteiger partial charge in [0, 0.05) is 11.3 Å². The second-order valence-corrected chi connectivity index (χ2v) is 4.65. The standard InChI is InChI=1S/C17H19N3O4/c1-22-14-9-12(10-15(23-2)16(14)24-3)11-18-20-17(21)19-13-7-5-4-6-8-13/h4-11H,1-3H3,(H2,19,20,21)/b18-11-. The van der Waals surface area contributed by atoms with Gasteiger partial charge in [0.2, 0.25) is 5.75 Å². The van der Waals surface area contributed by atoms with Gasteiger partial charge < -0.3 is 19.5 Å². The molecule has 2 amide bonds. The predicted octanol–water partition coefficient (Wildman–Crippen LogP) is 2.87. The van der Waals surface area contributed by atoms with Crippen molar-refractivity contribution in [3.8, 4) is 17.2 Å². The summed E-state index contributed by atoms with van der Waals surface area (Å²) < 4.78 is 15.8. The van der Waals surface area contributed by atoms with Crippen molar-refractivity contribution in [3.63, 3.8) is 0 Å². The summed E-state index contributed by atoms with van der Waals surface area (Å²) in [5.74, 6) is 1.51. The van der Waals surface area contributed by atoms with Crippen LogP contribution in [0, 0.1) is 0 Å². The van der Waals surface area contributed by atoms with Gasteiger partial charge in [-0.25, -0.2) is 10.2 Å². The molecule has 126 valence electrons. The Hall–Kier alpha value is -3.22. The summed E-state index contributed by atoms with van der Waals surface area (Å²) in [6, 6.07) is 12.1. The van der Waals surface area contributed by atoms with Crippen LogP contribution in [-0.4, -0.2) is 33.6 Å². The number of carbonyl (C=O) groups is 1. The van der Waals surface area contributed by atoms with E-state index < -0.39 is 6.03 Å². The molecule has 0 aliphatic heterocycles. The molecule has 0 aliphatic carbocycles. The average molecular weight is 329 g/mol. The first kappa shape index (κ1) is 17.1. The van der Waals surface area contributed by atoms with Crippen molar-refractivity contribution < 1.29 is 19.0 Å². The van der Waals surface area contributed by atoms with Gasteiger partial charge in [-0.05, 0) is 24.3 Å². The first-order valence-corrected chi connectivity index (χ1v) is 7.13. The largest absolute Gasteiger partial charge is 0.493 e. The minimum absolute atomic E-state index is 0.440. The number of benzene rings is 2. The third-order valence-corrected chi connectivity index (χ3v) is 3.10. The number of nitrogens with zero attached hydrogens (tertiary/aromatic N) is 1. The number of amides is 2. The number of hydrazone groups is 1. The lowest BCUT2D eigenvalue weighted by Crippen LogP contribution is -2.24. The van der Waals surface area contributed by atoms with Crippen molar-refractivity contribution in [2.45, 2.75) is 0 Å². The molecule has 0 radical (unpaired) electrons. The summed E-state index contributed by atoms with van der Waals surface area (Å²) in [4.78, 5) is 11.7. The summed E-state index contributed by atoms with van der Waals surface area (Å²) in [6.07, 6.45) is 1.48. The lowest BCUT2D eigenvalue weighted by Gasteiger charge is -2.12. The molecule has 2 N–H and O–H groups in total. The minimum Gasteiger partial charge on any atom is -0.493 e. The van der Waals surface area contributed by atoms with Crippen LogP contribution in [-0.2, 0) is 0 Å². The minimum atomic E-state index is -0.440. The quantitative estimate of drug-likeness (QED) is 0.631. The van der Waals surface area contributed by atoms with Gasteiger partial charge in [0.25, 0.3) is 0 Å². The lowest BCUT2D eigenvalue weighted by molar-refractivity contribution is 0.252. The highest BCUT2D eigenvalue weighted by Crippen LogP contribution is 2.37. The Bertz CT molecular complexity index is 692. The molecule has 0 atom stereocenters. The number of hydrogen-bond donors (Lipinski definition) is 2. The first-order chi connectivity index (χ1) is 11.7. The highest BCUT2D eigenvalue weighted by molar-refractivity contribution is 5.90. The molecule has 2 rings (SSSR count). The van der Waals surface area contributed by atoms with Gasteiger partial charge in [0.15, 0.2) is 11.5 Å². The molecule has 0 heterocycles. The van der Waals surface area contributed by atoms with Crippen molar-refractivity contribution in [1.82, 2.24) is 5.43 Å². The SMILES string of the molecule is COc1cc(/C=N\NC(=O)Nc2ccccc2)cc(OC)c1OC. The van der Waals surface area contributed by atoms with Crippen molar-refractivity contribution in [2.75, 3.05) is 26.6 Å². The van der Waals surface area contributed by atoms with E-state index in [1.165, 1.54) is 27.5 Å². The number of nitrogens with one attached hydrogen (secondary N) is 2. The van der Waals surface area contributed by atoms with Gasteiger partial charge in [-0.15, -0.1) is 0 Å². The van der Waals surface area contributed by atoms with E-state index in [0.717, 1.165) is 0 Å². The first-order valence-electron chi connectivity index (χ1n) is 7.13. The van der Waals surface area contributed by atoms with Gasteiger partial charge in [-0.2, -0.15) is 5.10 Å². The molecule has 0 aromatic heterocycles. The number of anilines is 1. The highest BCUT2D eigenvalue weighted by Gasteiger charge is 2.12. The van der Waals surface area contributed by atoms with E-state index in [-0.39, 0.29) is 0 Å². The van der Waals surface area contributed by atoms with Crippen molar-refractivity contribution >= 4 is 17.9 Å². The molecule has 0 aliphatic rings. The molecule has 0 fully saturated rings. The van der Waals surface area contributed by atoms with Crippen LogP contribution in [0.5, 0.6) is 17.2 Å². The Balaban J connectivity index is 2.04. The van der Waals surface area contributed by atoms with E-state index in [2.05, 4.69) is 15.8 Å². The van der Waals surface area contributed by atoms with Crippen LogP contribution in [0.3, 0.4) is 0 Å². The molecule has 7 heteroatoms. The topological polar surface area (TPSA) is 81.2 Å². The second-order valence-electron chi connectivity index (χ2n) is 4.65. The Kier molecular flexibility index (Phi) is 6.01. The number of carbonyl (C=O) groups excluding carboxylic acids is 1. The predicted molar refractivity (Wildman–Crippen MR) is 92.3 cm³/mol. The van der Waals surface area contributed by atoms with Crippen LogP contribution < -0.4 is 25.0 Å². The normalized spacial score (nSPS) is 10.3. The number of methoxy groups -OCH3 is 3. The van der Waals surface area contributed by atoms with Gasteiger partial charge >= 0.3 is 6.03 Å². The zero-order chi connectivity index (χ0) is 17.4. The maximum Gasteiger partial charge on any atom is 0.339 e. The van der Waals surface area contributed by atoms with Gasteiger partial charge in [0.05, 0.1) is 27.5 Å². The Labute approximate surface area is 140 Å². The fraction of sp³-hybridized carbons (Fsp3) is 0.176. The smallest absolute Gasteiger partial charge is 0.339 e. The summed E-state index contributed by atoms with van der Waals surface area (Å²) in [6.45, 7) is 0. The second kappa shape index (κ2) is 8.42. The lowest BCUT2D eigenvalue weighted by atomic mass is 10.2. The van der Waals surface area contributed by atoms with Crippen molar-refractivity contribution in [3.05, 3.63) is 48.0 Å². The number of urea groups is 1. The van der Waals surface area contributed by atoms with E-state index in [9.17, 15) is 4.79 Å². The fourth-order valence-corrected chi connectivity index (χ4v) is 2.02. The van der Waals surface area contributed by atoms with E-state index in [1.54, 1.807) is 24.3 Å². The molecule has 7 nitrogen and oxygen atoms in total. The number of ether oxygens (including phenoxy) is 3. The molecule has 2 aromatic carbocycles. The highest BCUT2D eigenvalue weighted by atomic mass is 16.5. The maximum atomic E-state index is 11.7. The Morgan fingerprint density at radius 1 is 1.00 bits per heavy atom. The van der Waals surface area contributed by atoms with Crippen LogP contribution in [0.4, 0.5) is 10.5 Å². The van der Waals surface area contributed by atoms with Gasteiger partial charge in [-0.1, -0.05) is 18.2 Å². The summed E-state index contributed by atoms with van der Waals surface area (Å²) in [5, 5.41) is 6.56. The monoisotopic (exact) mass is 329 g/mol. The molecule has 0 saturated heterocycles. The van der Waals surface area contributed by atoms with Gasteiger partial charge in [-0.3, -0.25) is 0 Å². The van der Waals surface area contributed by atoms with Crippen LogP contribution in [0.25, 0.3) is 0 Å². The van der Waals surface area contributed by atoms with E-state index >= 15 is 0 Å². The van der Waals surface area contributed by atoms with E-state index in [4.69, 9.17) is 14.2 Å². The Morgan fingerprint density at radius 3 is 2.17 bits per heavy atom. The molecule has 0 saturated carbocycles. The van der Waals surface area contributed by atoms with Crippen LogP contribution in [0.1, 0.15) is 5.56 Å². The molecule has 0 bridgehead atoms. The van der Waals surface area contributed by atoms with Crippen LogP contribution in [0.2, 0.25) is 0 Å². The van der Waals surface area contributed by atoms with Crippen LogP contribution in [0.15, 0.2) is 47.6 Å². The van der Waals surface area contributed by atoms with Crippen molar-refractivity contribution in [2.24, 2.45) is 5.10 Å². The summed E-state index contributed by atoms with van der Waals surface area (Å²) in [5.41, 5.74) is 3.75. The van der Waals surface area contributed by atoms with Gasteiger partial charge in [0.1, 0.15) is 0 Å². The zero-order valence-corrected chi connectivity index (χ0v) is 13.7. The molecule has 0 spiro atoms. The fourth-order valence-electron chi connectivity index (χ4n) is 2.02. The van der Waals surface area contributed by atoms with E-state index in [0.29, 0.717) is 28.5 Å². The number of hydrogen-bond acceptors (Lipinski definition) is 5. The maximum absolute atomic E-state index is 11.7. The molecular weight excluding hydrogens is 310 g/mol. The number of para-hydroxylation sites is 1. The summed E-state index contributed by atoms with van der Waals surface area (Å²) in [7, 11) is 4.59. The van der Waals surface area contributed by atoms with Crippen molar-refractivity contribution in [1.29, 1.82) is 0 Å².